The molecule has 0 heterocycles. The van der Waals surface area contributed by atoms with Crippen molar-refractivity contribution in [2.45, 2.75) is 52.4 Å². The van der Waals surface area contributed by atoms with Crippen molar-refractivity contribution in [3.8, 4) is 0 Å². The van der Waals surface area contributed by atoms with Gasteiger partial charge in [0.1, 0.15) is 5.78 Å². The maximum absolute atomic E-state index is 11.9. The van der Waals surface area contributed by atoms with Crippen molar-refractivity contribution < 1.29 is 4.79 Å². The number of aryl methyl sites for hydroxylation is 2. The number of hydrogen-bond acceptors (Lipinski definition) is 2. The van der Waals surface area contributed by atoms with E-state index in [0.717, 1.165) is 32.2 Å². The van der Waals surface area contributed by atoms with Crippen molar-refractivity contribution in [3.05, 3.63) is 34.9 Å². The third-order valence-corrected chi connectivity index (χ3v) is 3.30. The van der Waals surface area contributed by atoms with Crippen LogP contribution in [0.2, 0.25) is 0 Å². The van der Waals surface area contributed by atoms with Crippen molar-refractivity contribution in [2.24, 2.45) is 5.73 Å². The molecule has 100 valence electrons. The number of hydrogen-bond donors (Lipinski definition) is 1. The number of nitrogens with two attached hydrogens (primary N) is 1. The molecule has 2 nitrogen and oxygen atoms in total. The van der Waals surface area contributed by atoms with Crippen LogP contribution in [0.15, 0.2) is 18.2 Å². The summed E-state index contributed by atoms with van der Waals surface area (Å²) in [5.41, 5.74) is 9.07. The molecule has 0 aromatic heterocycles. The maximum Gasteiger partial charge on any atom is 0.137 e. The molecule has 2 heteroatoms. The van der Waals surface area contributed by atoms with Gasteiger partial charge in [0, 0.05) is 12.8 Å². The highest BCUT2D eigenvalue weighted by molar-refractivity contribution is 5.81. The maximum atomic E-state index is 11.9. The van der Waals surface area contributed by atoms with E-state index in [1.165, 1.54) is 16.7 Å². The molecular formula is C16H25NO. The Hall–Kier alpha value is -1.15. The Bertz CT molecular complexity index is 385. The zero-order chi connectivity index (χ0) is 13.4. The van der Waals surface area contributed by atoms with Crippen molar-refractivity contribution >= 4 is 5.78 Å². The molecule has 18 heavy (non-hydrogen) atoms. The van der Waals surface area contributed by atoms with Gasteiger partial charge in [-0.05, 0) is 44.4 Å². The molecule has 1 rings (SSSR count). The molecule has 0 fully saturated rings. The summed E-state index contributed by atoms with van der Waals surface area (Å²) in [6.07, 6.45) is 5.64. The van der Waals surface area contributed by atoms with E-state index in [2.05, 4.69) is 32.0 Å². The Labute approximate surface area is 111 Å². The summed E-state index contributed by atoms with van der Waals surface area (Å²) in [6, 6.07) is 6.32. The van der Waals surface area contributed by atoms with Gasteiger partial charge in [0.2, 0.25) is 0 Å². The fourth-order valence-electron chi connectivity index (χ4n) is 2.11. The van der Waals surface area contributed by atoms with Crippen molar-refractivity contribution in [2.75, 3.05) is 6.54 Å². The van der Waals surface area contributed by atoms with Gasteiger partial charge in [-0.2, -0.15) is 0 Å². The van der Waals surface area contributed by atoms with Gasteiger partial charge in [0.25, 0.3) is 0 Å². The van der Waals surface area contributed by atoms with E-state index in [4.69, 9.17) is 5.73 Å². The molecule has 0 saturated carbocycles. The molecular weight excluding hydrogens is 222 g/mol. The van der Waals surface area contributed by atoms with E-state index in [1.54, 1.807) is 0 Å². The number of ketones is 1. The zero-order valence-corrected chi connectivity index (χ0v) is 11.7. The van der Waals surface area contributed by atoms with Crippen molar-refractivity contribution in [1.29, 1.82) is 0 Å². The number of carbonyl (C=O) groups is 1. The van der Waals surface area contributed by atoms with Gasteiger partial charge in [-0.1, -0.05) is 36.6 Å². The third kappa shape index (κ3) is 5.46. The molecule has 0 bridgehead atoms. The first-order valence-electron chi connectivity index (χ1n) is 6.91. The number of Topliss-reactive ketones (excluding diaryl/α,β-unsaturated/α-hetero) is 1. The number of benzene rings is 1. The third-order valence-electron chi connectivity index (χ3n) is 3.30. The molecule has 1 aromatic rings. The van der Waals surface area contributed by atoms with E-state index >= 15 is 0 Å². The molecule has 0 spiro atoms. The minimum absolute atomic E-state index is 0.358. The summed E-state index contributed by atoms with van der Waals surface area (Å²) in [6.45, 7) is 4.90. The average molecular weight is 247 g/mol. The van der Waals surface area contributed by atoms with Crippen LogP contribution in [-0.4, -0.2) is 12.3 Å². The van der Waals surface area contributed by atoms with Gasteiger partial charge in [-0.25, -0.2) is 0 Å². The Morgan fingerprint density at radius 2 is 1.83 bits per heavy atom. The largest absolute Gasteiger partial charge is 0.330 e. The summed E-state index contributed by atoms with van der Waals surface area (Å²) in [4.78, 5) is 11.9. The summed E-state index contributed by atoms with van der Waals surface area (Å²) in [5.74, 6) is 0.358. The Morgan fingerprint density at radius 1 is 1.11 bits per heavy atom. The summed E-state index contributed by atoms with van der Waals surface area (Å²) < 4.78 is 0. The Kier molecular flexibility index (Phi) is 6.66. The lowest BCUT2D eigenvalue weighted by atomic mass is 9.98. The second-order valence-electron chi connectivity index (χ2n) is 5.10. The SMILES string of the molecule is Cc1ccc(C)c(CC(=O)CCCCCCN)c1. The van der Waals surface area contributed by atoms with E-state index in [-0.39, 0.29) is 0 Å². The van der Waals surface area contributed by atoms with Gasteiger partial charge in [0.15, 0.2) is 0 Å². The summed E-state index contributed by atoms with van der Waals surface area (Å²) >= 11 is 0. The molecule has 0 aliphatic heterocycles. The van der Waals surface area contributed by atoms with Crippen LogP contribution in [-0.2, 0) is 11.2 Å². The van der Waals surface area contributed by atoms with E-state index < -0.39 is 0 Å². The highest BCUT2D eigenvalue weighted by Crippen LogP contribution is 2.13. The lowest BCUT2D eigenvalue weighted by Crippen LogP contribution is -2.04. The van der Waals surface area contributed by atoms with Crippen LogP contribution in [0.1, 0.15) is 48.8 Å². The molecule has 0 saturated heterocycles. The molecule has 0 amide bonds. The number of rotatable bonds is 8. The highest BCUT2D eigenvalue weighted by Gasteiger charge is 2.06. The fraction of sp³-hybridized carbons (Fsp3) is 0.562. The first-order chi connectivity index (χ1) is 8.63. The first kappa shape index (κ1) is 14.9. The number of carbonyl (C=O) groups excluding carboxylic acids is 1. The van der Waals surface area contributed by atoms with Gasteiger partial charge < -0.3 is 5.73 Å². The number of unbranched alkanes of at least 4 members (excludes halogenated alkanes) is 3. The van der Waals surface area contributed by atoms with E-state index in [1.807, 2.05) is 0 Å². The Morgan fingerprint density at radius 3 is 2.56 bits per heavy atom. The Balaban J connectivity index is 2.33. The zero-order valence-electron chi connectivity index (χ0n) is 11.7. The van der Waals surface area contributed by atoms with E-state index in [0.29, 0.717) is 18.6 Å². The summed E-state index contributed by atoms with van der Waals surface area (Å²) in [7, 11) is 0. The molecule has 2 N–H and O–H groups in total. The van der Waals surface area contributed by atoms with Crippen LogP contribution in [0, 0.1) is 13.8 Å². The van der Waals surface area contributed by atoms with Crippen molar-refractivity contribution in [3.63, 3.8) is 0 Å². The fourth-order valence-corrected chi connectivity index (χ4v) is 2.11. The monoisotopic (exact) mass is 247 g/mol. The molecule has 0 aliphatic rings. The molecule has 0 aliphatic carbocycles. The van der Waals surface area contributed by atoms with Crippen LogP contribution >= 0.6 is 0 Å². The minimum atomic E-state index is 0.358. The van der Waals surface area contributed by atoms with Crippen LogP contribution in [0.4, 0.5) is 0 Å². The molecule has 0 atom stereocenters. The van der Waals surface area contributed by atoms with Crippen LogP contribution in [0.3, 0.4) is 0 Å². The quantitative estimate of drug-likeness (QED) is 0.716. The molecule has 0 radical (unpaired) electrons. The standard InChI is InChI=1S/C16H25NO/c1-13-8-9-14(2)15(11-13)12-16(18)7-5-3-4-6-10-17/h8-9,11H,3-7,10,12,17H2,1-2H3. The lowest BCUT2D eigenvalue weighted by molar-refractivity contribution is -0.118. The van der Waals surface area contributed by atoms with Gasteiger partial charge in [0.05, 0.1) is 0 Å². The predicted octanol–water partition coefficient (Wildman–Crippen LogP) is 3.32. The highest BCUT2D eigenvalue weighted by atomic mass is 16.1. The smallest absolute Gasteiger partial charge is 0.137 e. The second-order valence-corrected chi connectivity index (χ2v) is 5.10. The predicted molar refractivity (Wildman–Crippen MR) is 76.8 cm³/mol. The molecule has 0 unspecified atom stereocenters. The minimum Gasteiger partial charge on any atom is -0.330 e. The van der Waals surface area contributed by atoms with E-state index in [9.17, 15) is 4.79 Å². The van der Waals surface area contributed by atoms with Gasteiger partial charge >= 0.3 is 0 Å². The van der Waals surface area contributed by atoms with Crippen molar-refractivity contribution in [1.82, 2.24) is 0 Å². The lowest BCUT2D eigenvalue weighted by Gasteiger charge is -2.06. The van der Waals surface area contributed by atoms with Gasteiger partial charge in [-0.3, -0.25) is 4.79 Å². The summed E-state index contributed by atoms with van der Waals surface area (Å²) in [5, 5.41) is 0. The van der Waals surface area contributed by atoms with Crippen LogP contribution < -0.4 is 5.73 Å². The van der Waals surface area contributed by atoms with Crippen LogP contribution in [0.25, 0.3) is 0 Å². The second kappa shape index (κ2) is 8.04. The first-order valence-corrected chi connectivity index (χ1v) is 6.91. The van der Waals surface area contributed by atoms with Crippen LogP contribution in [0.5, 0.6) is 0 Å². The normalized spacial score (nSPS) is 10.6. The average Bonchev–Trinajstić information content (AvgIpc) is 2.33. The van der Waals surface area contributed by atoms with Gasteiger partial charge in [-0.15, -0.1) is 0 Å². The topological polar surface area (TPSA) is 43.1 Å². The molecule has 1 aromatic carbocycles.